The van der Waals surface area contributed by atoms with Gasteiger partial charge in [0.1, 0.15) is 6.04 Å². The van der Waals surface area contributed by atoms with Crippen molar-refractivity contribution in [2.75, 3.05) is 0 Å². The van der Waals surface area contributed by atoms with Crippen molar-refractivity contribution < 1.29 is 19.1 Å². The van der Waals surface area contributed by atoms with Crippen LogP contribution in [-0.2, 0) is 0 Å². The molecule has 1 atom stereocenters. The first-order chi connectivity index (χ1) is 7.04. The van der Waals surface area contributed by atoms with Gasteiger partial charge >= 0.3 is 6.09 Å². The molecule has 1 aromatic heterocycles. The van der Waals surface area contributed by atoms with Crippen LogP contribution in [0.5, 0.6) is 0 Å². The van der Waals surface area contributed by atoms with E-state index in [1.807, 2.05) is 13.8 Å². The van der Waals surface area contributed by atoms with Crippen LogP contribution in [0.2, 0.25) is 0 Å². The third-order valence-electron chi connectivity index (χ3n) is 1.87. The molecule has 0 bridgehead atoms. The Hall–Kier alpha value is -1.85. The van der Waals surface area contributed by atoms with Crippen LogP contribution in [0.15, 0.2) is 10.6 Å². The van der Waals surface area contributed by atoms with Gasteiger partial charge in [-0.05, 0) is 5.92 Å². The van der Waals surface area contributed by atoms with Crippen molar-refractivity contribution in [2.24, 2.45) is 5.92 Å². The van der Waals surface area contributed by atoms with Crippen LogP contribution in [0.1, 0.15) is 36.3 Å². The topological polar surface area (TPSA) is 92.4 Å². The van der Waals surface area contributed by atoms with E-state index in [0.717, 1.165) is 0 Å². The molecule has 82 valence electrons. The minimum atomic E-state index is -1.15. The minimum absolute atomic E-state index is 0.0146. The molecule has 0 saturated carbocycles. The number of hydrogen-bond donors (Lipinski definition) is 2. The molecule has 2 N–H and O–H groups in total. The fourth-order valence-electron chi connectivity index (χ4n) is 1.15. The molecule has 0 aliphatic heterocycles. The molecular formula is C9H12N2O4. The van der Waals surface area contributed by atoms with Crippen LogP contribution in [0.3, 0.4) is 0 Å². The van der Waals surface area contributed by atoms with E-state index in [4.69, 9.17) is 9.52 Å². The number of nitrogens with one attached hydrogen (secondary N) is 1. The molecular weight excluding hydrogens is 200 g/mol. The van der Waals surface area contributed by atoms with Crippen molar-refractivity contribution in [3.8, 4) is 0 Å². The molecule has 0 spiro atoms. The number of rotatable bonds is 4. The lowest BCUT2D eigenvalue weighted by Crippen LogP contribution is -2.30. The normalized spacial score (nSPS) is 12.5. The number of carbonyl (C=O) groups is 2. The highest BCUT2D eigenvalue weighted by Gasteiger charge is 2.22. The fourth-order valence-corrected chi connectivity index (χ4v) is 1.15. The van der Waals surface area contributed by atoms with Gasteiger partial charge in [0, 0.05) is 0 Å². The number of carbonyl (C=O) groups excluding carboxylic acids is 1. The highest BCUT2D eigenvalue weighted by molar-refractivity contribution is 5.69. The Morgan fingerprint density at radius 2 is 2.33 bits per heavy atom. The first kappa shape index (κ1) is 11.2. The van der Waals surface area contributed by atoms with E-state index < -0.39 is 12.1 Å². The Balaban J connectivity index is 2.88. The van der Waals surface area contributed by atoms with Crippen molar-refractivity contribution in [1.82, 2.24) is 10.3 Å². The van der Waals surface area contributed by atoms with E-state index in [1.54, 1.807) is 0 Å². The molecule has 6 nitrogen and oxygen atoms in total. The van der Waals surface area contributed by atoms with E-state index in [2.05, 4.69) is 10.3 Å². The van der Waals surface area contributed by atoms with Crippen LogP contribution in [-0.4, -0.2) is 22.5 Å². The number of hydrogen-bond acceptors (Lipinski definition) is 4. The fraction of sp³-hybridized carbons (Fsp3) is 0.444. The van der Waals surface area contributed by atoms with Gasteiger partial charge < -0.3 is 14.8 Å². The van der Waals surface area contributed by atoms with Gasteiger partial charge in [-0.2, -0.15) is 0 Å². The predicted octanol–water partition coefficient (Wildman–Crippen LogP) is 1.45. The second-order valence-electron chi connectivity index (χ2n) is 3.39. The Kier molecular flexibility index (Phi) is 3.43. The average Bonchev–Trinajstić information content (AvgIpc) is 2.61. The summed E-state index contributed by atoms with van der Waals surface area (Å²) in [4.78, 5) is 24.7. The van der Waals surface area contributed by atoms with Gasteiger partial charge in [-0.1, -0.05) is 13.8 Å². The zero-order valence-corrected chi connectivity index (χ0v) is 8.43. The number of amides is 1. The summed E-state index contributed by atoms with van der Waals surface area (Å²) in [6, 6.07) is -0.545. The molecule has 6 heteroatoms. The SMILES string of the molecule is CC(C)C(NC(=O)O)c1ncc(C=O)o1. The quantitative estimate of drug-likeness (QED) is 0.737. The van der Waals surface area contributed by atoms with Gasteiger partial charge in [0.25, 0.3) is 0 Å². The van der Waals surface area contributed by atoms with Crippen molar-refractivity contribution in [3.05, 3.63) is 17.8 Å². The lowest BCUT2D eigenvalue weighted by molar-refractivity contribution is 0.109. The zero-order valence-electron chi connectivity index (χ0n) is 8.43. The van der Waals surface area contributed by atoms with E-state index in [0.29, 0.717) is 6.29 Å². The lowest BCUT2D eigenvalue weighted by atomic mass is 10.1. The summed E-state index contributed by atoms with van der Waals surface area (Å²) in [5.41, 5.74) is 0. The molecule has 15 heavy (non-hydrogen) atoms. The van der Waals surface area contributed by atoms with Gasteiger partial charge in [-0.25, -0.2) is 9.78 Å². The highest BCUT2D eigenvalue weighted by Crippen LogP contribution is 2.20. The van der Waals surface area contributed by atoms with Crippen LogP contribution < -0.4 is 5.32 Å². The van der Waals surface area contributed by atoms with Crippen molar-refractivity contribution in [3.63, 3.8) is 0 Å². The Morgan fingerprint density at radius 1 is 1.67 bits per heavy atom. The lowest BCUT2D eigenvalue weighted by Gasteiger charge is -2.16. The van der Waals surface area contributed by atoms with E-state index in [-0.39, 0.29) is 17.6 Å². The monoisotopic (exact) mass is 212 g/mol. The predicted molar refractivity (Wildman–Crippen MR) is 50.6 cm³/mol. The molecule has 0 aliphatic carbocycles. The van der Waals surface area contributed by atoms with Gasteiger partial charge in [0.15, 0.2) is 12.0 Å². The summed E-state index contributed by atoms with van der Waals surface area (Å²) in [7, 11) is 0. The Morgan fingerprint density at radius 3 is 2.73 bits per heavy atom. The molecule has 1 aromatic rings. The van der Waals surface area contributed by atoms with Gasteiger partial charge in [0.2, 0.25) is 5.89 Å². The van der Waals surface area contributed by atoms with Crippen molar-refractivity contribution >= 4 is 12.4 Å². The van der Waals surface area contributed by atoms with Gasteiger partial charge in [0.05, 0.1) is 6.20 Å². The molecule has 1 heterocycles. The van der Waals surface area contributed by atoms with E-state index in [1.165, 1.54) is 6.20 Å². The molecule has 0 aromatic carbocycles. The second-order valence-corrected chi connectivity index (χ2v) is 3.39. The molecule has 1 amide bonds. The summed E-state index contributed by atoms with van der Waals surface area (Å²) >= 11 is 0. The van der Waals surface area contributed by atoms with Crippen molar-refractivity contribution in [2.45, 2.75) is 19.9 Å². The number of nitrogens with zero attached hydrogens (tertiary/aromatic N) is 1. The third-order valence-corrected chi connectivity index (χ3v) is 1.87. The average molecular weight is 212 g/mol. The first-order valence-corrected chi connectivity index (χ1v) is 4.45. The Labute approximate surface area is 86.3 Å². The van der Waals surface area contributed by atoms with Crippen molar-refractivity contribution in [1.29, 1.82) is 0 Å². The third kappa shape index (κ3) is 2.80. The zero-order chi connectivity index (χ0) is 11.4. The number of aromatic nitrogens is 1. The number of oxazole rings is 1. The molecule has 0 fully saturated rings. The standard InChI is InChI=1S/C9H12N2O4/c1-5(2)7(11-9(13)14)8-10-3-6(4-12)15-8/h3-5,7,11H,1-2H3,(H,13,14). The second kappa shape index (κ2) is 4.59. The smallest absolute Gasteiger partial charge is 0.405 e. The summed E-state index contributed by atoms with van der Waals surface area (Å²) in [6.07, 6.45) is 0.634. The first-order valence-electron chi connectivity index (χ1n) is 4.45. The number of aldehydes is 1. The minimum Gasteiger partial charge on any atom is -0.465 e. The summed E-state index contributed by atoms with van der Waals surface area (Å²) in [5, 5.41) is 10.9. The maximum absolute atomic E-state index is 10.5. The van der Waals surface area contributed by atoms with Crippen LogP contribution >= 0.6 is 0 Å². The van der Waals surface area contributed by atoms with Crippen LogP contribution in [0, 0.1) is 5.92 Å². The summed E-state index contributed by atoms with van der Waals surface area (Å²) < 4.78 is 5.05. The van der Waals surface area contributed by atoms with Crippen LogP contribution in [0.25, 0.3) is 0 Å². The molecule has 0 radical (unpaired) electrons. The molecule has 1 unspecified atom stereocenters. The van der Waals surface area contributed by atoms with Gasteiger partial charge in [-0.15, -0.1) is 0 Å². The van der Waals surface area contributed by atoms with E-state index >= 15 is 0 Å². The summed E-state index contributed by atoms with van der Waals surface area (Å²) in [6.45, 7) is 3.65. The van der Waals surface area contributed by atoms with Crippen LogP contribution in [0.4, 0.5) is 4.79 Å². The van der Waals surface area contributed by atoms with Gasteiger partial charge in [-0.3, -0.25) is 4.79 Å². The Bertz CT molecular complexity index is 359. The largest absolute Gasteiger partial charge is 0.465 e. The number of carboxylic acid groups (broad SMARTS) is 1. The van der Waals surface area contributed by atoms with E-state index in [9.17, 15) is 9.59 Å². The maximum atomic E-state index is 10.5. The maximum Gasteiger partial charge on any atom is 0.405 e. The highest BCUT2D eigenvalue weighted by atomic mass is 16.4. The molecule has 0 aliphatic rings. The summed E-state index contributed by atoms with van der Waals surface area (Å²) in [5.74, 6) is 0.275. The molecule has 0 saturated heterocycles. The molecule has 1 rings (SSSR count).